The molecule has 1 aliphatic carbocycles. The first kappa shape index (κ1) is 18.1. The largest absolute Gasteiger partial charge is 0.481 e. The van der Waals surface area contributed by atoms with E-state index in [-0.39, 0.29) is 42.6 Å². The van der Waals surface area contributed by atoms with Gasteiger partial charge in [-0.15, -0.1) is 0 Å². The Morgan fingerprint density at radius 2 is 1.88 bits per heavy atom. The van der Waals surface area contributed by atoms with Crippen molar-refractivity contribution in [1.29, 1.82) is 0 Å². The molecule has 1 heterocycles. The summed E-state index contributed by atoms with van der Waals surface area (Å²) in [5, 5.41) is 11.4. The minimum Gasteiger partial charge on any atom is -0.481 e. The molecule has 0 spiro atoms. The summed E-state index contributed by atoms with van der Waals surface area (Å²) in [7, 11) is 0. The number of carboxylic acids is 1. The Morgan fingerprint density at radius 1 is 1.23 bits per heavy atom. The highest BCUT2D eigenvalue weighted by Gasteiger charge is 2.35. The molecule has 0 aromatic heterocycles. The second-order valence-electron chi connectivity index (χ2n) is 7.14. The number of benzene rings is 1. The molecular weight excluding hydrogens is 336 g/mol. The van der Waals surface area contributed by atoms with E-state index in [0.29, 0.717) is 12.0 Å². The van der Waals surface area contributed by atoms with E-state index in [1.54, 1.807) is 36.1 Å². The molecule has 2 N–H and O–H groups in total. The van der Waals surface area contributed by atoms with Gasteiger partial charge >= 0.3 is 5.97 Å². The minimum absolute atomic E-state index is 0.122. The monoisotopic (exact) mass is 358 g/mol. The lowest BCUT2D eigenvalue weighted by atomic mass is 9.97. The van der Waals surface area contributed by atoms with Crippen LogP contribution >= 0.6 is 0 Å². The lowest BCUT2D eigenvalue weighted by Crippen LogP contribution is -2.38. The SMILES string of the molecule is CC(CN(C(=O)c1ccc(CC2CC(=O)NC2=O)cc1)C1CC1)C(=O)O. The molecule has 2 fully saturated rings. The van der Waals surface area contributed by atoms with Gasteiger partial charge in [0.25, 0.3) is 5.91 Å². The summed E-state index contributed by atoms with van der Waals surface area (Å²) in [6.45, 7) is 1.80. The van der Waals surface area contributed by atoms with Gasteiger partial charge in [-0.3, -0.25) is 24.5 Å². The van der Waals surface area contributed by atoms with Crippen molar-refractivity contribution in [2.45, 2.75) is 38.6 Å². The molecule has 7 nitrogen and oxygen atoms in total. The van der Waals surface area contributed by atoms with Gasteiger partial charge in [0.2, 0.25) is 11.8 Å². The summed E-state index contributed by atoms with van der Waals surface area (Å²) in [6, 6.07) is 7.10. The van der Waals surface area contributed by atoms with Crippen LogP contribution in [0.1, 0.15) is 42.1 Å². The van der Waals surface area contributed by atoms with Crippen molar-refractivity contribution in [1.82, 2.24) is 10.2 Å². The first-order valence-corrected chi connectivity index (χ1v) is 8.81. The van der Waals surface area contributed by atoms with E-state index in [1.165, 1.54) is 0 Å². The molecule has 0 radical (unpaired) electrons. The molecule has 1 saturated heterocycles. The first-order chi connectivity index (χ1) is 12.3. The number of carbonyl (C=O) groups excluding carboxylic acids is 3. The van der Waals surface area contributed by atoms with E-state index >= 15 is 0 Å². The zero-order valence-corrected chi connectivity index (χ0v) is 14.6. The third kappa shape index (κ3) is 4.09. The fourth-order valence-electron chi connectivity index (χ4n) is 3.16. The molecule has 7 heteroatoms. The Hall–Kier alpha value is -2.70. The van der Waals surface area contributed by atoms with Crippen LogP contribution in [0.5, 0.6) is 0 Å². The standard InChI is InChI=1S/C19H22N2O5/c1-11(19(25)26)10-21(15-6-7-15)18(24)13-4-2-12(3-5-13)8-14-9-16(22)20-17(14)23/h2-5,11,14-15H,6-10H2,1H3,(H,25,26)(H,20,22,23). The molecule has 2 unspecified atom stereocenters. The van der Waals surface area contributed by atoms with Gasteiger partial charge in [-0.2, -0.15) is 0 Å². The fraction of sp³-hybridized carbons (Fsp3) is 0.474. The van der Waals surface area contributed by atoms with Crippen molar-refractivity contribution in [3.05, 3.63) is 35.4 Å². The molecule has 1 aromatic carbocycles. The van der Waals surface area contributed by atoms with E-state index < -0.39 is 11.9 Å². The second-order valence-corrected chi connectivity index (χ2v) is 7.14. The highest BCUT2D eigenvalue weighted by Crippen LogP contribution is 2.29. The van der Waals surface area contributed by atoms with E-state index in [2.05, 4.69) is 5.32 Å². The lowest BCUT2D eigenvalue weighted by Gasteiger charge is -2.24. The van der Waals surface area contributed by atoms with Crippen molar-refractivity contribution < 1.29 is 24.3 Å². The number of carbonyl (C=O) groups is 4. The summed E-state index contributed by atoms with van der Waals surface area (Å²) < 4.78 is 0. The maximum absolute atomic E-state index is 12.8. The smallest absolute Gasteiger partial charge is 0.308 e. The lowest BCUT2D eigenvalue weighted by molar-refractivity contribution is -0.141. The molecule has 2 atom stereocenters. The van der Waals surface area contributed by atoms with E-state index in [9.17, 15) is 19.2 Å². The quantitative estimate of drug-likeness (QED) is 0.713. The first-order valence-electron chi connectivity index (χ1n) is 8.81. The van der Waals surface area contributed by atoms with Gasteiger partial charge in [0.05, 0.1) is 11.8 Å². The topological polar surface area (TPSA) is 104 Å². The van der Waals surface area contributed by atoms with Crippen molar-refractivity contribution in [3.8, 4) is 0 Å². The summed E-state index contributed by atoms with van der Waals surface area (Å²) in [5.74, 6) is -2.55. The zero-order valence-electron chi connectivity index (χ0n) is 14.6. The highest BCUT2D eigenvalue weighted by molar-refractivity contribution is 6.03. The zero-order chi connectivity index (χ0) is 18.8. The van der Waals surface area contributed by atoms with Crippen LogP contribution in [-0.2, 0) is 20.8 Å². The van der Waals surface area contributed by atoms with Crippen LogP contribution < -0.4 is 5.32 Å². The normalized spacial score (nSPS) is 20.6. The molecule has 2 aliphatic rings. The second kappa shape index (κ2) is 7.27. The number of nitrogens with zero attached hydrogens (tertiary/aromatic N) is 1. The number of rotatable bonds is 7. The van der Waals surface area contributed by atoms with Crippen LogP contribution in [-0.4, -0.2) is 46.3 Å². The van der Waals surface area contributed by atoms with Crippen molar-refractivity contribution >= 4 is 23.7 Å². The molecule has 3 rings (SSSR count). The van der Waals surface area contributed by atoms with Gasteiger partial charge in [-0.25, -0.2) is 0 Å². The summed E-state index contributed by atoms with van der Waals surface area (Å²) in [6.07, 6.45) is 2.46. The van der Waals surface area contributed by atoms with Gasteiger partial charge in [0.1, 0.15) is 0 Å². The predicted octanol–water partition coefficient (Wildman–Crippen LogP) is 1.22. The number of carboxylic acid groups (broad SMARTS) is 1. The number of hydrogen-bond acceptors (Lipinski definition) is 4. The maximum atomic E-state index is 12.8. The Balaban J connectivity index is 1.66. The van der Waals surface area contributed by atoms with Crippen LogP contribution in [0.15, 0.2) is 24.3 Å². The molecule has 138 valence electrons. The number of imide groups is 1. The molecule has 1 aliphatic heterocycles. The van der Waals surface area contributed by atoms with Gasteiger partial charge < -0.3 is 10.0 Å². The predicted molar refractivity (Wildman–Crippen MR) is 92.3 cm³/mol. The number of hydrogen-bond donors (Lipinski definition) is 2. The van der Waals surface area contributed by atoms with Crippen LogP contribution in [0, 0.1) is 11.8 Å². The van der Waals surface area contributed by atoms with Crippen LogP contribution in [0.4, 0.5) is 0 Å². The Kier molecular flexibility index (Phi) is 5.06. The summed E-state index contributed by atoms with van der Waals surface area (Å²) in [4.78, 5) is 48.4. The van der Waals surface area contributed by atoms with Gasteiger partial charge in [0.15, 0.2) is 0 Å². The van der Waals surface area contributed by atoms with E-state index in [0.717, 1.165) is 18.4 Å². The Labute approximate surface area is 151 Å². The minimum atomic E-state index is -0.914. The van der Waals surface area contributed by atoms with Crippen molar-refractivity contribution in [3.63, 3.8) is 0 Å². The molecule has 1 saturated carbocycles. The van der Waals surface area contributed by atoms with Crippen LogP contribution in [0.3, 0.4) is 0 Å². The van der Waals surface area contributed by atoms with Gasteiger partial charge in [0, 0.05) is 24.6 Å². The summed E-state index contributed by atoms with van der Waals surface area (Å²) >= 11 is 0. The van der Waals surface area contributed by atoms with Gasteiger partial charge in [-0.1, -0.05) is 19.1 Å². The number of nitrogens with one attached hydrogen (secondary N) is 1. The molecule has 3 amide bonds. The Morgan fingerprint density at radius 3 is 2.38 bits per heavy atom. The fourth-order valence-corrected chi connectivity index (χ4v) is 3.16. The van der Waals surface area contributed by atoms with Gasteiger partial charge in [-0.05, 0) is 37.0 Å². The molecule has 1 aromatic rings. The highest BCUT2D eigenvalue weighted by atomic mass is 16.4. The molecule has 26 heavy (non-hydrogen) atoms. The van der Waals surface area contributed by atoms with Crippen LogP contribution in [0.25, 0.3) is 0 Å². The average molecular weight is 358 g/mol. The molecular formula is C19H22N2O5. The van der Waals surface area contributed by atoms with E-state index in [4.69, 9.17) is 5.11 Å². The third-order valence-electron chi connectivity index (χ3n) is 4.89. The summed E-state index contributed by atoms with van der Waals surface area (Å²) in [5.41, 5.74) is 1.39. The molecule has 0 bridgehead atoms. The van der Waals surface area contributed by atoms with Crippen molar-refractivity contribution in [2.24, 2.45) is 11.8 Å². The average Bonchev–Trinajstić information content (AvgIpc) is 3.38. The van der Waals surface area contributed by atoms with Crippen molar-refractivity contribution in [2.75, 3.05) is 6.54 Å². The third-order valence-corrected chi connectivity index (χ3v) is 4.89. The van der Waals surface area contributed by atoms with Crippen LogP contribution in [0.2, 0.25) is 0 Å². The maximum Gasteiger partial charge on any atom is 0.308 e. The number of amides is 3. The van der Waals surface area contributed by atoms with E-state index in [1.807, 2.05) is 0 Å². The number of aliphatic carboxylic acids is 1. The Bertz CT molecular complexity index is 739.